The van der Waals surface area contributed by atoms with Crippen molar-refractivity contribution in [2.75, 3.05) is 41.5 Å². The van der Waals surface area contributed by atoms with Gasteiger partial charge in [-0.2, -0.15) is 0 Å². The first-order valence-electron chi connectivity index (χ1n) is 11.4. The average molecular weight is 490 g/mol. The molecule has 0 atom stereocenters. The summed E-state index contributed by atoms with van der Waals surface area (Å²) in [6.45, 7) is 12.4. The van der Waals surface area contributed by atoms with Gasteiger partial charge in [-0.1, -0.05) is 0 Å². The van der Waals surface area contributed by atoms with Crippen molar-refractivity contribution in [3.8, 4) is 5.75 Å². The predicted octanol–water partition coefficient (Wildman–Crippen LogP) is 4.19. The van der Waals surface area contributed by atoms with Crippen LogP contribution in [0.4, 0.5) is 16.2 Å². The Hall–Kier alpha value is -2.81. The van der Waals surface area contributed by atoms with Gasteiger partial charge in [-0.15, -0.1) is 0 Å². The number of hydrogen-bond acceptors (Lipinski definition) is 7. The van der Waals surface area contributed by atoms with Gasteiger partial charge in [0.15, 0.2) is 9.84 Å². The zero-order valence-corrected chi connectivity index (χ0v) is 22.0. The van der Waals surface area contributed by atoms with Crippen LogP contribution in [0.25, 0.3) is 0 Å². The number of anilines is 2. The molecule has 3 rings (SSSR count). The predicted molar refractivity (Wildman–Crippen MR) is 135 cm³/mol. The van der Waals surface area contributed by atoms with Gasteiger partial charge in [-0.05, 0) is 65.3 Å². The molecule has 1 fully saturated rings. The zero-order valence-electron chi connectivity index (χ0n) is 21.1. The van der Waals surface area contributed by atoms with Crippen LogP contribution in [0.2, 0.25) is 0 Å². The van der Waals surface area contributed by atoms with E-state index in [4.69, 9.17) is 9.47 Å². The van der Waals surface area contributed by atoms with Gasteiger partial charge in [0, 0.05) is 41.8 Å². The van der Waals surface area contributed by atoms with E-state index in [2.05, 4.69) is 4.98 Å². The van der Waals surface area contributed by atoms with E-state index in [1.165, 1.54) is 0 Å². The third-order valence-electron chi connectivity index (χ3n) is 5.74. The number of sulfone groups is 1. The summed E-state index contributed by atoms with van der Waals surface area (Å²) in [7, 11) is -1.37. The molecule has 1 aromatic carbocycles. The van der Waals surface area contributed by atoms with Crippen LogP contribution < -0.4 is 14.5 Å². The number of hydrogen-bond donors (Lipinski definition) is 0. The van der Waals surface area contributed by atoms with Gasteiger partial charge >= 0.3 is 6.09 Å². The van der Waals surface area contributed by atoms with Crippen LogP contribution in [-0.2, 0) is 21.1 Å². The van der Waals surface area contributed by atoms with Crippen molar-refractivity contribution in [3.63, 3.8) is 0 Å². The molecule has 2 aromatic rings. The molecular weight excluding hydrogens is 454 g/mol. The smallest absolute Gasteiger partial charge is 0.415 e. The molecule has 0 spiro atoms. The highest BCUT2D eigenvalue weighted by Gasteiger charge is 2.27. The highest BCUT2D eigenvalue weighted by atomic mass is 32.2. The molecule has 186 valence electrons. The van der Waals surface area contributed by atoms with E-state index in [1.54, 1.807) is 18.2 Å². The molecule has 0 aliphatic carbocycles. The summed E-state index contributed by atoms with van der Waals surface area (Å²) in [5.74, 6) is 0.991. The van der Waals surface area contributed by atoms with E-state index in [1.807, 2.05) is 64.6 Å². The number of aromatic nitrogens is 1. The van der Waals surface area contributed by atoms with Crippen molar-refractivity contribution in [1.29, 1.82) is 0 Å². The van der Waals surface area contributed by atoms with Crippen molar-refractivity contribution in [2.45, 2.75) is 53.7 Å². The minimum Gasteiger partial charge on any atom is -0.496 e. The van der Waals surface area contributed by atoms with Crippen LogP contribution in [0, 0.1) is 20.8 Å². The topological polar surface area (TPSA) is 89.0 Å². The SMILES string of the molecule is COc1c(C)cnc(CN(C(=O)OC(C)(C)C)c2cc(C)cc(N3CCS(=O)(=O)CC3)c2)c1C. The van der Waals surface area contributed by atoms with Gasteiger partial charge in [0.05, 0.1) is 30.9 Å². The number of carbonyl (C=O) groups is 1. The highest BCUT2D eigenvalue weighted by molar-refractivity contribution is 7.91. The van der Waals surface area contributed by atoms with Gasteiger partial charge in [0.25, 0.3) is 0 Å². The summed E-state index contributed by atoms with van der Waals surface area (Å²) in [5, 5.41) is 0. The van der Waals surface area contributed by atoms with Crippen molar-refractivity contribution < 1.29 is 22.7 Å². The Balaban J connectivity index is 2.02. The lowest BCUT2D eigenvalue weighted by atomic mass is 10.1. The summed E-state index contributed by atoms with van der Waals surface area (Å²) in [4.78, 5) is 21.5. The lowest BCUT2D eigenvalue weighted by Crippen LogP contribution is -2.40. The second-order valence-corrected chi connectivity index (χ2v) is 12.1. The van der Waals surface area contributed by atoms with Gasteiger partial charge in [0.1, 0.15) is 11.4 Å². The van der Waals surface area contributed by atoms with Gasteiger partial charge in [0.2, 0.25) is 0 Å². The molecule has 1 saturated heterocycles. The van der Waals surface area contributed by atoms with E-state index < -0.39 is 21.5 Å². The molecule has 1 aliphatic heterocycles. The van der Waals surface area contributed by atoms with E-state index in [9.17, 15) is 13.2 Å². The zero-order chi connectivity index (χ0) is 25.3. The molecule has 0 saturated carbocycles. The minimum absolute atomic E-state index is 0.123. The summed E-state index contributed by atoms with van der Waals surface area (Å²) in [6.07, 6.45) is 1.26. The second-order valence-electron chi connectivity index (χ2n) is 9.78. The Bertz CT molecular complexity index is 1160. The van der Waals surface area contributed by atoms with E-state index in [0.717, 1.165) is 28.1 Å². The van der Waals surface area contributed by atoms with Crippen molar-refractivity contribution in [2.24, 2.45) is 0 Å². The minimum atomic E-state index is -3.00. The number of carbonyl (C=O) groups excluding carboxylic acids is 1. The summed E-state index contributed by atoms with van der Waals surface area (Å²) < 4.78 is 35.1. The first kappa shape index (κ1) is 25.8. The normalized spacial score (nSPS) is 15.7. The molecule has 0 bridgehead atoms. The maximum Gasteiger partial charge on any atom is 0.415 e. The maximum absolute atomic E-state index is 13.3. The van der Waals surface area contributed by atoms with Crippen molar-refractivity contribution in [1.82, 2.24) is 4.98 Å². The second kappa shape index (κ2) is 9.82. The standard InChI is InChI=1S/C25H35N3O5S/c1-17-12-20(27-8-10-34(30,31)11-9-27)14-21(13-17)28(24(29)33-25(4,5)6)16-22-19(3)23(32-7)18(2)15-26-22/h12-15H,8-11,16H2,1-7H3. The van der Waals surface area contributed by atoms with Crippen LogP contribution in [0.5, 0.6) is 5.75 Å². The fraction of sp³-hybridized carbons (Fsp3) is 0.520. The number of methoxy groups -OCH3 is 1. The Kier molecular flexibility index (Phi) is 7.45. The van der Waals surface area contributed by atoms with E-state index in [-0.39, 0.29) is 18.1 Å². The van der Waals surface area contributed by atoms with Crippen LogP contribution in [0.15, 0.2) is 24.4 Å². The number of aryl methyl sites for hydroxylation is 2. The molecule has 2 heterocycles. The molecule has 9 heteroatoms. The fourth-order valence-electron chi connectivity index (χ4n) is 4.01. The van der Waals surface area contributed by atoms with Gasteiger partial charge in [-0.25, -0.2) is 13.2 Å². The first-order valence-corrected chi connectivity index (χ1v) is 13.2. The largest absolute Gasteiger partial charge is 0.496 e. The lowest BCUT2D eigenvalue weighted by molar-refractivity contribution is 0.0577. The van der Waals surface area contributed by atoms with E-state index >= 15 is 0 Å². The third-order valence-corrected chi connectivity index (χ3v) is 7.35. The number of benzene rings is 1. The molecule has 0 N–H and O–H groups in total. The molecule has 0 radical (unpaired) electrons. The quantitative estimate of drug-likeness (QED) is 0.622. The molecule has 1 aliphatic rings. The monoisotopic (exact) mass is 489 g/mol. The van der Waals surface area contributed by atoms with Crippen LogP contribution in [0.3, 0.4) is 0 Å². The van der Waals surface area contributed by atoms with Crippen LogP contribution >= 0.6 is 0 Å². The summed E-state index contributed by atoms with van der Waals surface area (Å²) in [6, 6.07) is 5.84. The lowest BCUT2D eigenvalue weighted by Gasteiger charge is -2.31. The fourth-order valence-corrected chi connectivity index (χ4v) is 5.21. The number of pyridine rings is 1. The molecule has 1 amide bonds. The van der Waals surface area contributed by atoms with Crippen LogP contribution in [-0.4, -0.2) is 56.8 Å². The Morgan fingerprint density at radius 1 is 1.12 bits per heavy atom. The Morgan fingerprint density at radius 2 is 1.76 bits per heavy atom. The first-order chi connectivity index (χ1) is 15.8. The third kappa shape index (κ3) is 6.20. The molecule has 34 heavy (non-hydrogen) atoms. The summed E-state index contributed by atoms with van der Waals surface area (Å²) >= 11 is 0. The molecular formula is C25H35N3O5S. The maximum atomic E-state index is 13.3. The molecule has 1 aromatic heterocycles. The highest BCUT2D eigenvalue weighted by Crippen LogP contribution is 2.31. The van der Waals surface area contributed by atoms with Crippen molar-refractivity contribution >= 4 is 27.3 Å². The van der Waals surface area contributed by atoms with Gasteiger partial charge in [-0.3, -0.25) is 9.88 Å². The van der Waals surface area contributed by atoms with Gasteiger partial charge < -0.3 is 14.4 Å². The number of amides is 1. The van der Waals surface area contributed by atoms with Crippen LogP contribution in [0.1, 0.15) is 43.2 Å². The summed E-state index contributed by atoms with van der Waals surface area (Å²) in [5.41, 5.74) is 4.33. The number of rotatable bonds is 5. The Labute approximate surface area is 202 Å². The van der Waals surface area contributed by atoms with Crippen molar-refractivity contribution in [3.05, 3.63) is 46.8 Å². The Morgan fingerprint density at radius 3 is 2.35 bits per heavy atom. The molecule has 8 nitrogen and oxygen atoms in total. The average Bonchev–Trinajstić information content (AvgIpc) is 2.71. The molecule has 0 unspecified atom stereocenters. The number of nitrogens with zero attached hydrogens (tertiary/aromatic N) is 3. The van der Waals surface area contributed by atoms with E-state index in [0.29, 0.717) is 24.5 Å². The number of ether oxygens (including phenoxy) is 2.